The Balaban J connectivity index is 2.15. The monoisotopic (exact) mass is 213 g/mol. The van der Waals surface area contributed by atoms with Crippen LogP contribution < -0.4 is 0 Å². The molecule has 0 saturated heterocycles. The topological polar surface area (TPSA) is 23.8 Å². The highest BCUT2D eigenvalue weighted by Crippen LogP contribution is 2.43. The van der Waals surface area contributed by atoms with Gasteiger partial charge in [0.05, 0.1) is 11.6 Å². The predicted molar refractivity (Wildman–Crippen MR) is 66.1 cm³/mol. The third-order valence-corrected chi connectivity index (χ3v) is 3.72. The van der Waals surface area contributed by atoms with Crippen LogP contribution in [0.1, 0.15) is 56.6 Å². The molecule has 1 atom stereocenters. The zero-order valence-electron chi connectivity index (χ0n) is 10.2. The van der Waals surface area contributed by atoms with Crippen molar-refractivity contribution in [1.82, 2.24) is 0 Å². The molecule has 1 aliphatic rings. The molecular weight excluding hydrogens is 194 g/mol. The van der Waals surface area contributed by atoms with Crippen molar-refractivity contribution in [2.24, 2.45) is 5.41 Å². The zero-order chi connectivity index (χ0) is 11.6. The highest BCUT2D eigenvalue weighted by molar-refractivity contribution is 5.33. The first-order chi connectivity index (χ1) is 7.61. The van der Waals surface area contributed by atoms with Gasteiger partial charge in [-0.05, 0) is 48.3 Å². The fraction of sp³-hybridized carbons (Fsp3) is 0.533. The Bertz CT molecular complexity index is 394. The summed E-state index contributed by atoms with van der Waals surface area (Å²) in [6.45, 7) is 4.73. The van der Waals surface area contributed by atoms with Gasteiger partial charge in [0.25, 0.3) is 0 Å². The van der Waals surface area contributed by atoms with Gasteiger partial charge in [0, 0.05) is 0 Å². The quantitative estimate of drug-likeness (QED) is 0.684. The Morgan fingerprint density at radius 3 is 2.50 bits per heavy atom. The Labute approximate surface area is 98.1 Å². The van der Waals surface area contributed by atoms with Crippen molar-refractivity contribution in [2.45, 2.75) is 45.4 Å². The fourth-order valence-corrected chi connectivity index (χ4v) is 2.81. The highest BCUT2D eigenvalue weighted by Gasteiger charge is 2.28. The van der Waals surface area contributed by atoms with Crippen LogP contribution in [0.3, 0.4) is 0 Å². The summed E-state index contributed by atoms with van der Waals surface area (Å²) in [5.41, 5.74) is 2.65. The molecule has 2 rings (SSSR count). The molecule has 0 N–H and O–H groups in total. The molecule has 0 radical (unpaired) electrons. The van der Waals surface area contributed by atoms with Crippen molar-refractivity contribution in [3.05, 3.63) is 35.4 Å². The van der Waals surface area contributed by atoms with Crippen LogP contribution in [0.2, 0.25) is 0 Å². The SMILES string of the molecule is CC1(C)CCCC(c2ccc(C#N)cc2)C1. The third kappa shape index (κ3) is 2.44. The van der Waals surface area contributed by atoms with Gasteiger partial charge < -0.3 is 0 Å². The lowest BCUT2D eigenvalue weighted by Gasteiger charge is -2.35. The molecule has 1 saturated carbocycles. The Kier molecular flexibility index (Phi) is 3.01. The summed E-state index contributed by atoms with van der Waals surface area (Å²) < 4.78 is 0. The molecular formula is C15H19N. The molecule has 0 aromatic heterocycles. The first kappa shape index (κ1) is 11.2. The van der Waals surface area contributed by atoms with Crippen LogP contribution in [-0.2, 0) is 0 Å². The summed E-state index contributed by atoms with van der Waals surface area (Å²) in [5.74, 6) is 0.691. The standard InChI is InChI=1S/C15H19N/c1-15(2)9-3-4-14(10-15)13-7-5-12(11-16)6-8-13/h5-8,14H,3-4,9-10H2,1-2H3. The average Bonchev–Trinajstić information content (AvgIpc) is 2.28. The first-order valence-corrected chi connectivity index (χ1v) is 6.11. The molecule has 0 spiro atoms. The van der Waals surface area contributed by atoms with E-state index in [1.165, 1.54) is 31.2 Å². The lowest BCUT2D eigenvalue weighted by Crippen LogP contribution is -2.21. The second-order valence-corrected chi connectivity index (χ2v) is 5.69. The van der Waals surface area contributed by atoms with Crippen molar-refractivity contribution >= 4 is 0 Å². The summed E-state index contributed by atoms with van der Waals surface area (Å²) in [6, 6.07) is 10.3. The summed E-state index contributed by atoms with van der Waals surface area (Å²) in [5, 5.41) is 8.77. The maximum atomic E-state index is 8.77. The van der Waals surface area contributed by atoms with Crippen LogP contribution in [0.25, 0.3) is 0 Å². The number of hydrogen-bond acceptors (Lipinski definition) is 1. The molecule has 0 amide bonds. The van der Waals surface area contributed by atoms with Crippen molar-refractivity contribution < 1.29 is 0 Å². The van der Waals surface area contributed by atoms with Gasteiger partial charge in [0.15, 0.2) is 0 Å². The van der Waals surface area contributed by atoms with E-state index in [9.17, 15) is 0 Å². The smallest absolute Gasteiger partial charge is 0.0991 e. The average molecular weight is 213 g/mol. The Morgan fingerprint density at radius 2 is 1.94 bits per heavy atom. The summed E-state index contributed by atoms with van der Waals surface area (Å²) in [7, 11) is 0. The van der Waals surface area contributed by atoms with Crippen molar-refractivity contribution in [1.29, 1.82) is 5.26 Å². The molecule has 1 aliphatic carbocycles. The van der Waals surface area contributed by atoms with Gasteiger partial charge in [-0.2, -0.15) is 5.26 Å². The molecule has 1 aromatic carbocycles. The van der Waals surface area contributed by atoms with E-state index in [0.717, 1.165) is 5.56 Å². The van der Waals surface area contributed by atoms with Crippen LogP contribution in [-0.4, -0.2) is 0 Å². The second-order valence-electron chi connectivity index (χ2n) is 5.69. The lowest BCUT2D eigenvalue weighted by atomic mass is 9.70. The molecule has 0 aliphatic heterocycles. The maximum absolute atomic E-state index is 8.77. The number of hydrogen-bond donors (Lipinski definition) is 0. The number of benzene rings is 1. The van der Waals surface area contributed by atoms with E-state index in [2.05, 4.69) is 32.0 Å². The summed E-state index contributed by atoms with van der Waals surface area (Å²) in [6.07, 6.45) is 5.26. The van der Waals surface area contributed by atoms with Gasteiger partial charge in [0.2, 0.25) is 0 Å². The molecule has 16 heavy (non-hydrogen) atoms. The van der Waals surface area contributed by atoms with Gasteiger partial charge >= 0.3 is 0 Å². The molecule has 0 heterocycles. The van der Waals surface area contributed by atoms with Crippen LogP contribution in [0.4, 0.5) is 0 Å². The van der Waals surface area contributed by atoms with Crippen molar-refractivity contribution in [2.75, 3.05) is 0 Å². The first-order valence-electron chi connectivity index (χ1n) is 6.11. The van der Waals surface area contributed by atoms with E-state index in [4.69, 9.17) is 5.26 Å². The normalized spacial score (nSPS) is 23.7. The largest absolute Gasteiger partial charge is 0.192 e. The molecule has 1 heteroatoms. The minimum Gasteiger partial charge on any atom is -0.192 e. The van der Waals surface area contributed by atoms with Gasteiger partial charge in [-0.25, -0.2) is 0 Å². The van der Waals surface area contributed by atoms with Gasteiger partial charge in [-0.15, -0.1) is 0 Å². The van der Waals surface area contributed by atoms with Gasteiger partial charge in [-0.3, -0.25) is 0 Å². The van der Waals surface area contributed by atoms with E-state index >= 15 is 0 Å². The van der Waals surface area contributed by atoms with E-state index in [1.807, 2.05) is 12.1 Å². The third-order valence-electron chi connectivity index (χ3n) is 3.72. The molecule has 1 aromatic rings. The van der Waals surface area contributed by atoms with E-state index in [0.29, 0.717) is 11.3 Å². The highest BCUT2D eigenvalue weighted by atomic mass is 14.3. The zero-order valence-corrected chi connectivity index (χ0v) is 10.2. The van der Waals surface area contributed by atoms with Gasteiger partial charge in [-0.1, -0.05) is 32.4 Å². The van der Waals surface area contributed by atoms with Crippen molar-refractivity contribution in [3.63, 3.8) is 0 Å². The molecule has 84 valence electrons. The molecule has 0 bridgehead atoms. The second kappa shape index (κ2) is 4.29. The predicted octanol–water partition coefficient (Wildman–Crippen LogP) is 4.24. The Morgan fingerprint density at radius 1 is 1.25 bits per heavy atom. The van der Waals surface area contributed by atoms with E-state index in [1.54, 1.807) is 0 Å². The van der Waals surface area contributed by atoms with E-state index in [-0.39, 0.29) is 0 Å². The van der Waals surface area contributed by atoms with Crippen LogP contribution in [0.5, 0.6) is 0 Å². The van der Waals surface area contributed by atoms with E-state index < -0.39 is 0 Å². The molecule has 1 fully saturated rings. The minimum absolute atomic E-state index is 0.483. The van der Waals surface area contributed by atoms with Crippen LogP contribution >= 0.6 is 0 Å². The van der Waals surface area contributed by atoms with Gasteiger partial charge in [0.1, 0.15) is 0 Å². The minimum atomic E-state index is 0.483. The number of nitrogens with zero attached hydrogens (tertiary/aromatic N) is 1. The lowest BCUT2D eigenvalue weighted by molar-refractivity contribution is 0.219. The van der Waals surface area contributed by atoms with Crippen LogP contribution in [0, 0.1) is 16.7 Å². The number of nitriles is 1. The summed E-state index contributed by atoms with van der Waals surface area (Å²) >= 11 is 0. The van der Waals surface area contributed by atoms with Crippen LogP contribution in [0.15, 0.2) is 24.3 Å². The number of rotatable bonds is 1. The maximum Gasteiger partial charge on any atom is 0.0991 e. The molecule has 1 nitrogen and oxygen atoms in total. The Hall–Kier alpha value is -1.29. The summed E-state index contributed by atoms with van der Waals surface area (Å²) in [4.78, 5) is 0. The fourth-order valence-electron chi connectivity index (χ4n) is 2.81. The molecule has 1 unspecified atom stereocenters. The van der Waals surface area contributed by atoms with Crippen molar-refractivity contribution in [3.8, 4) is 6.07 Å².